The molecule has 0 spiro atoms. The van der Waals surface area contributed by atoms with E-state index in [1.807, 2.05) is 36.0 Å². The highest BCUT2D eigenvalue weighted by Gasteiger charge is 2.21. The summed E-state index contributed by atoms with van der Waals surface area (Å²) in [5.41, 5.74) is 4.72. The summed E-state index contributed by atoms with van der Waals surface area (Å²) in [6.45, 7) is 1.94. The molecule has 0 amide bonds. The first-order chi connectivity index (χ1) is 14.9. The second-order valence-electron chi connectivity index (χ2n) is 7.77. The number of pyridine rings is 1. The third kappa shape index (κ3) is 4.30. The highest BCUT2D eigenvalue weighted by molar-refractivity contribution is 7.91. The van der Waals surface area contributed by atoms with Crippen molar-refractivity contribution < 1.29 is 8.42 Å². The Kier molecular flexibility index (Phi) is 4.95. The van der Waals surface area contributed by atoms with E-state index in [0.717, 1.165) is 34.7 Å². The summed E-state index contributed by atoms with van der Waals surface area (Å²) in [5.74, 6) is 1.00. The van der Waals surface area contributed by atoms with Gasteiger partial charge in [0.2, 0.25) is 5.95 Å². The third-order valence-corrected chi connectivity index (χ3v) is 7.02. The van der Waals surface area contributed by atoms with Crippen LogP contribution in [0.2, 0.25) is 0 Å². The lowest BCUT2D eigenvalue weighted by molar-refractivity contribution is 0.287. The molecule has 0 atom stereocenters. The van der Waals surface area contributed by atoms with Gasteiger partial charge in [0, 0.05) is 38.4 Å². The number of sulfone groups is 1. The number of aryl methyl sites for hydroxylation is 1. The van der Waals surface area contributed by atoms with Gasteiger partial charge in [-0.2, -0.15) is 10.1 Å². The smallest absolute Gasteiger partial charge is 0.247 e. The SMILES string of the molecule is Cn1cc(Nc2nc3cccc(-c4ccc(CN5CCS(=O)(=O)CC5)cc4)n3n2)cn1. The van der Waals surface area contributed by atoms with Gasteiger partial charge in [-0.1, -0.05) is 30.3 Å². The van der Waals surface area contributed by atoms with Crippen LogP contribution in [0.1, 0.15) is 5.56 Å². The van der Waals surface area contributed by atoms with Gasteiger partial charge >= 0.3 is 0 Å². The number of hydrogen-bond donors (Lipinski definition) is 1. The second kappa shape index (κ2) is 7.78. The van der Waals surface area contributed by atoms with Crippen LogP contribution in [0.15, 0.2) is 54.9 Å². The standard InChI is InChI=1S/C21H23N7O2S/c1-26-15-18(13-22-26)23-21-24-20-4-2-3-19(28(20)25-21)17-7-5-16(6-8-17)14-27-9-11-31(29,30)12-10-27/h2-8,13,15H,9-12,14H2,1H3,(H,23,25). The van der Waals surface area contributed by atoms with Crippen LogP contribution < -0.4 is 5.32 Å². The number of rotatable bonds is 5. The largest absolute Gasteiger partial charge is 0.320 e. The van der Waals surface area contributed by atoms with Crippen LogP contribution in [0.5, 0.6) is 0 Å². The number of nitrogens with one attached hydrogen (secondary N) is 1. The van der Waals surface area contributed by atoms with Crippen molar-refractivity contribution in [2.45, 2.75) is 6.54 Å². The first-order valence-electron chi connectivity index (χ1n) is 10.1. The maximum atomic E-state index is 11.6. The van der Waals surface area contributed by atoms with Gasteiger partial charge in [0.15, 0.2) is 15.5 Å². The number of benzene rings is 1. The molecule has 1 aliphatic rings. The van der Waals surface area contributed by atoms with Crippen molar-refractivity contribution in [2.75, 3.05) is 29.9 Å². The summed E-state index contributed by atoms with van der Waals surface area (Å²) < 4.78 is 26.8. The molecule has 10 heteroatoms. The molecule has 0 aliphatic carbocycles. The van der Waals surface area contributed by atoms with Gasteiger partial charge in [0.1, 0.15) is 0 Å². The van der Waals surface area contributed by atoms with E-state index < -0.39 is 9.84 Å². The van der Waals surface area contributed by atoms with Gasteiger partial charge in [-0.15, -0.1) is 5.10 Å². The van der Waals surface area contributed by atoms with Gasteiger partial charge in [0.05, 0.1) is 29.1 Å². The quantitative estimate of drug-likeness (QED) is 0.511. The average molecular weight is 438 g/mol. The summed E-state index contributed by atoms with van der Waals surface area (Å²) in [4.78, 5) is 6.74. The Morgan fingerprint density at radius 2 is 1.84 bits per heavy atom. The Hall–Kier alpha value is -3.24. The molecule has 0 unspecified atom stereocenters. The fourth-order valence-electron chi connectivity index (χ4n) is 3.74. The zero-order chi connectivity index (χ0) is 21.4. The van der Waals surface area contributed by atoms with Crippen LogP contribution in [0, 0.1) is 0 Å². The fraction of sp³-hybridized carbons (Fsp3) is 0.286. The molecular weight excluding hydrogens is 414 g/mol. The molecule has 4 aromatic rings. The topological polar surface area (TPSA) is 97.4 Å². The number of aromatic nitrogens is 5. The van der Waals surface area contributed by atoms with E-state index in [2.05, 4.69) is 49.7 Å². The second-order valence-corrected chi connectivity index (χ2v) is 10.1. The molecule has 31 heavy (non-hydrogen) atoms. The first-order valence-corrected chi connectivity index (χ1v) is 11.9. The maximum absolute atomic E-state index is 11.6. The molecular formula is C21H23N7O2S. The van der Waals surface area contributed by atoms with Crippen molar-refractivity contribution in [2.24, 2.45) is 7.05 Å². The highest BCUT2D eigenvalue weighted by atomic mass is 32.2. The van der Waals surface area contributed by atoms with Crippen molar-refractivity contribution in [1.82, 2.24) is 29.3 Å². The Morgan fingerprint density at radius 3 is 2.55 bits per heavy atom. The Morgan fingerprint density at radius 1 is 1.06 bits per heavy atom. The molecule has 0 bridgehead atoms. The van der Waals surface area contributed by atoms with Crippen LogP contribution >= 0.6 is 0 Å². The number of hydrogen-bond acceptors (Lipinski definition) is 7. The average Bonchev–Trinajstić information content (AvgIpc) is 3.35. The lowest BCUT2D eigenvalue weighted by atomic mass is 10.1. The zero-order valence-corrected chi connectivity index (χ0v) is 18.0. The molecule has 3 aromatic heterocycles. The molecule has 1 fully saturated rings. The molecule has 0 radical (unpaired) electrons. The minimum absolute atomic E-state index is 0.245. The summed E-state index contributed by atoms with van der Waals surface area (Å²) in [6.07, 6.45) is 3.59. The summed E-state index contributed by atoms with van der Waals surface area (Å²) in [5, 5.41) is 11.9. The van der Waals surface area contributed by atoms with Crippen molar-refractivity contribution in [3.63, 3.8) is 0 Å². The van der Waals surface area contributed by atoms with Gasteiger partial charge in [-0.3, -0.25) is 9.58 Å². The predicted octanol–water partition coefficient (Wildman–Crippen LogP) is 2.10. The summed E-state index contributed by atoms with van der Waals surface area (Å²) >= 11 is 0. The van der Waals surface area contributed by atoms with E-state index >= 15 is 0 Å². The van der Waals surface area contributed by atoms with Crippen LogP contribution in [0.25, 0.3) is 16.9 Å². The van der Waals surface area contributed by atoms with E-state index in [-0.39, 0.29) is 11.5 Å². The predicted molar refractivity (Wildman–Crippen MR) is 119 cm³/mol. The number of nitrogens with zero attached hydrogens (tertiary/aromatic N) is 6. The number of anilines is 2. The zero-order valence-electron chi connectivity index (χ0n) is 17.1. The third-order valence-electron chi connectivity index (χ3n) is 5.41. The molecule has 1 aromatic carbocycles. The van der Waals surface area contributed by atoms with E-state index in [4.69, 9.17) is 0 Å². The minimum Gasteiger partial charge on any atom is -0.320 e. The molecule has 9 nitrogen and oxygen atoms in total. The molecule has 1 saturated heterocycles. The van der Waals surface area contributed by atoms with E-state index in [1.165, 1.54) is 0 Å². The lowest BCUT2D eigenvalue weighted by Crippen LogP contribution is -2.39. The Labute approximate surface area is 180 Å². The molecule has 0 saturated carbocycles. The normalized spacial score (nSPS) is 16.5. The molecule has 1 N–H and O–H groups in total. The maximum Gasteiger partial charge on any atom is 0.247 e. The van der Waals surface area contributed by atoms with Crippen molar-refractivity contribution in [1.29, 1.82) is 0 Å². The van der Waals surface area contributed by atoms with E-state index in [1.54, 1.807) is 10.9 Å². The van der Waals surface area contributed by atoms with Crippen molar-refractivity contribution >= 4 is 27.1 Å². The van der Waals surface area contributed by atoms with Crippen LogP contribution in [-0.4, -0.2) is 62.3 Å². The van der Waals surface area contributed by atoms with Gasteiger partial charge in [-0.25, -0.2) is 12.9 Å². The highest BCUT2D eigenvalue weighted by Crippen LogP contribution is 2.23. The van der Waals surface area contributed by atoms with Gasteiger partial charge in [-0.05, 0) is 17.7 Å². The van der Waals surface area contributed by atoms with Crippen molar-refractivity contribution in [3.05, 3.63) is 60.4 Å². The monoisotopic (exact) mass is 437 g/mol. The van der Waals surface area contributed by atoms with Gasteiger partial charge in [0.25, 0.3) is 0 Å². The van der Waals surface area contributed by atoms with Crippen molar-refractivity contribution in [3.8, 4) is 11.3 Å². The van der Waals surface area contributed by atoms with E-state index in [0.29, 0.717) is 19.0 Å². The first kappa shape index (κ1) is 19.7. The summed E-state index contributed by atoms with van der Waals surface area (Å²) in [7, 11) is -0.997. The molecule has 160 valence electrons. The minimum atomic E-state index is -2.86. The molecule has 5 rings (SSSR count). The number of fused-ring (bicyclic) bond motifs is 1. The molecule has 4 heterocycles. The Bertz CT molecular complexity index is 1310. The Balaban J connectivity index is 1.35. The lowest BCUT2D eigenvalue weighted by Gasteiger charge is -2.26. The van der Waals surface area contributed by atoms with Gasteiger partial charge < -0.3 is 5.32 Å². The van der Waals surface area contributed by atoms with Crippen LogP contribution in [0.3, 0.4) is 0 Å². The summed E-state index contributed by atoms with van der Waals surface area (Å²) in [6, 6.07) is 14.2. The van der Waals surface area contributed by atoms with Crippen LogP contribution in [-0.2, 0) is 23.4 Å². The van der Waals surface area contributed by atoms with E-state index in [9.17, 15) is 8.42 Å². The fourth-order valence-corrected chi connectivity index (χ4v) is 5.02. The van der Waals surface area contributed by atoms with Crippen LogP contribution in [0.4, 0.5) is 11.6 Å². The molecule has 1 aliphatic heterocycles.